The Bertz CT molecular complexity index is 956. The number of aromatic nitrogens is 2. The Labute approximate surface area is 148 Å². The van der Waals surface area contributed by atoms with Crippen LogP contribution in [0.3, 0.4) is 0 Å². The monoisotopic (exact) mass is 407 g/mol. The van der Waals surface area contributed by atoms with E-state index in [1.807, 2.05) is 6.07 Å². The van der Waals surface area contributed by atoms with Crippen LogP contribution in [0, 0.1) is 0 Å². The first kappa shape index (κ1) is 16.5. The van der Waals surface area contributed by atoms with E-state index in [9.17, 15) is 8.42 Å². The highest BCUT2D eigenvalue weighted by molar-refractivity contribution is 9.10. The highest BCUT2D eigenvalue weighted by Gasteiger charge is 2.21. The number of sulfonamides is 1. The third-order valence-corrected chi connectivity index (χ3v) is 5.19. The number of hydrogen-bond acceptors (Lipinski definition) is 4. The lowest BCUT2D eigenvalue weighted by Crippen LogP contribution is -2.15. The quantitative estimate of drug-likeness (QED) is 0.702. The van der Waals surface area contributed by atoms with Crippen LogP contribution in [-0.4, -0.2) is 25.3 Å². The molecule has 0 radical (unpaired) electrons. The number of para-hydroxylation sites is 2. The molecule has 0 aliphatic heterocycles. The summed E-state index contributed by atoms with van der Waals surface area (Å²) in [7, 11) is -2.41. The molecule has 1 aromatic heterocycles. The van der Waals surface area contributed by atoms with E-state index in [1.54, 1.807) is 53.5 Å². The number of rotatable bonds is 5. The first-order valence-corrected chi connectivity index (χ1v) is 9.24. The molecule has 0 saturated carbocycles. The third-order valence-electron chi connectivity index (χ3n) is 3.31. The zero-order valence-electron chi connectivity index (χ0n) is 12.7. The molecule has 0 spiro atoms. The van der Waals surface area contributed by atoms with E-state index in [2.05, 4.69) is 25.8 Å². The van der Waals surface area contributed by atoms with E-state index in [1.165, 1.54) is 13.2 Å². The normalized spacial score (nSPS) is 11.2. The lowest BCUT2D eigenvalue weighted by Gasteiger charge is -2.14. The van der Waals surface area contributed by atoms with Crippen molar-refractivity contribution in [2.24, 2.45) is 0 Å². The van der Waals surface area contributed by atoms with Gasteiger partial charge in [0.25, 0.3) is 10.0 Å². The third kappa shape index (κ3) is 3.29. The predicted octanol–water partition coefficient (Wildman–Crippen LogP) is 3.44. The Kier molecular flexibility index (Phi) is 4.59. The standard InChI is InChI=1S/C16H14BrN3O3S/c1-23-15-8-7-12(17)11-16(15)24(21,22)19-13-5-2-3-6-14(13)20-10-4-9-18-20/h2-11,19H,1H3. The van der Waals surface area contributed by atoms with Crippen molar-refractivity contribution in [3.8, 4) is 11.4 Å². The molecule has 0 bridgehead atoms. The number of ether oxygens (including phenoxy) is 1. The molecule has 0 fully saturated rings. The summed E-state index contributed by atoms with van der Waals surface area (Å²) < 4.78 is 35.6. The minimum atomic E-state index is -3.84. The molecule has 1 N–H and O–H groups in total. The van der Waals surface area contributed by atoms with E-state index in [-0.39, 0.29) is 10.6 Å². The van der Waals surface area contributed by atoms with Crippen LogP contribution in [-0.2, 0) is 10.0 Å². The molecule has 0 aliphatic carbocycles. The molecule has 8 heteroatoms. The van der Waals surface area contributed by atoms with Gasteiger partial charge in [0, 0.05) is 16.9 Å². The highest BCUT2D eigenvalue weighted by Crippen LogP contribution is 2.30. The van der Waals surface area contributed by atoms with Crippen molar-refractivity contribution in [3.05, 3.63) is 65.4 Å². The van der Waals surface area contributed by atoms with Crippen LogP contribution < -0.4 is 9.46 Å². The summed E-state index contributed by atoms with van der Waals surface area (Å²) in [4.78, 5) is 0.0506. The summed E-state index contributed by atoms with van der Waals surface area (Å²) >= 11 is 3.29. The van der Waals surface area contributed by atoms with Crippen molar-refractivity contribution in [2.75, 3.05) is 11.8 Å². The Balaban J connectivity index is 2.04. The van der Waals surface area contributed by atoms with Gasteiger partial charge in [0.1, 0.15) is 10.6 Å². The molecule has 3 aromatic rings. The summed E-state index contributed by atoms with van der Waals surface area (Å²) in [6.45, 7) is 0. The van der Waals surface area contributed by atoms with Gasteiger partial charge in [0.15, 0.2) is 0 Å². The van der Waals surface area contributed by atoms with Crippen LogP contribution in [0.2, 0.25) is 0 Å². The molecule has 3 rings (SSSR count). The molecular formula is C16H14BrN3O3S. The van der Waals surface area contributed by atoms with Crippen LogP contribution in [0.5, 0.6) is 5.75 Å². The smallest absolute Gasteiger partial charge is 0.265 e. The number of anilines is 1. The van der Waals surface area contributed by atoms with Crippen molar-refractivity contribution < 1.29 is 13.2 Å². The molecule has 0 amide bonds. The van der Waals surface area contributed by atoms with Crippen LogP contribution >= 0.6 is 15.9 Å². The van der Waals surface area contributed by atoms with Crippen molar-refractivity contribution in [2.45, 2.75) is 4.90 Å². The molecule has 2 aromatic carbocycles. The number of nitrogens with zero attached hydrogens (tertiary/aromatic N) is 2. The summed E-state index contributed by atoms with van der Waals surface area (Å²) in [6.07, 6.45) is 3.37. The van der Waals surface area contributed by atoms with Gasteiger partial charge in [0.05, 0.1) is 18.5 Å². The highest BCUT2D eigenvalue weighted by atomic mass is 79.9. The van der Waals surface area contributed by atoms with Gasteiger partial charge in [0.2, 0.25) is 0 Å². The fourth-order valence-electron chi connectivity index (χ4n) is 2.23. The van der Waals surface area contributed by atoms with E-state index < -0.39 is 10.0 Å². The number of benzene rings is 2. The van der Waals surface area contributed by atoms with Crippen molar-refractivity contribution in [3.63, 3.8) is 0 Å². The maximum absolute atomic E-state index is 12.8. The van der Waals surface area contributed by atoms with Gasteiger partial charge in [-0.25, -0.2) is 13.1 Å². The van der Waals surface area contributed by atoms with Gasteiger partial charge in [-0.05, 0) is 36.4 Å². The maximum Gasteiger partial charge on any atom is 0.265 e. The second-order valence-electron chi connectivity index (χ2n) is 4.87. The number of hydrogen-bond donors (Lipinski definition) is 1. The summed E-state index contributed by atoms with van der Waals surface area (Å²) in [5, 5.41) is 4.15. The van der Waals surface area contributed by atoms with Gasteiger partial charge in [-0.15, -0.1) is 0 Å². The first-order chi connectivity index (χ1) is 11.5. The van der Waals surface area contributed by atoms with E-state index in [0.29, 0.717) is 15.8 Å². The van der Waals surface area contributed by atoms with Crippen molar-refractivity contribution in [1.29, 1.82) is 0 Å². The maximum atomic E-state index is 12.8. The van der Waals surface area contributed by atoms with Crippen LogP contribution in [0.4, 0.5) is 5.69 Å². The number of nitrogens with one attached hydrogen (secondary N) is 1. The topological polar surface area (TPSA) is 73.2 Å². The summed E-state index contributed by atoms with van der Waals surface area (Å²) in [5.41, 5.74) is 1.04. The molecule has 6 nitrogen and oxygen atoms in total. The van der Waals surface area contributed by atoms with Gasteiger partial charge in [-0.2, -0.15) is 5.10 Å². The first-order valence-electron chi connectivity index (χ1n) is 6.96. The Morgan fingerprint density at radius 2 is 1.96 bits per heavy atom. The molecule has 0 atom stereocenters. The Morgan fingerprint density at radius 3 is 2.67 bits per heavy atom. The average Bonchev–Trinajstić information content (AvgIpc) is 3.09. The minimum absolute atomic E-state index is 0.0506. The molecule has 124 valence electrons. The molecular weight excluding hydrogens is 394 g/mol. The van der Waals surface area contributed by atoms with Gasteiger partial charge >= 0.3 is 0 Å². The lowest BCUT2D eigenvalue weighted by atomic mass is 10.3. The van der Waals surface area contributed by atoms with Crippen molar-refractivity contribution >= 4 is 31.6 Å². The fourth-order valence-corrected chi connectivity index (χ4v) is 4.01. The number of methoxy groups -OCH3 is 1. The van der Waals surface area contributed by atoms with Crippen LogP contribution in [0.1, 0.15) is 0 Å². The lowest BCUT2D eigenvalue weighted by molar-refractivity contribution is 0.403. The van der Waals surface area contributed by atoms with Crippen LogP contribution in [0.25, 0.3) is 5.69 Å². The van der Waals surface area contributed by atoms with Crippen molar-refractivity contribution in [1.82, 2.24) is 9.78 Å². The average molecular weight is 408 g/mol. The van der Waals surface area contributed by atoms with E-state index in [0.717, 1.165) is 0 Å². The molecule has 0 aliphatic rings. The Morgan fingerprint density at radius 1 is 1.17 bits per heavy atom. The predicted molar refractivity (Wildman–Crippen MR) is 95.1 cm³/mol. The van der Waals surface area contributed by atoms with Gasteiger partial charge in [-0.3, -0.25) is 4.72 Å². The SMILES string of the molecule is COc1ccc(Br)cc1S(=O)(=O)Nc1ccccc1-n1cccn1. The zero-order valence-corrected chi connectivity index (χ0v) is 15.1. The largest absolute Gasteiger partial charge is 0.495 e. The van der Waals surface area contributed by atoms with Crippen LogP contribution in [0.15, 0.2) is 70.3 Å². The minimum Gasteiger partial charge on any atom is -0.495 e. The number of halogens is 1. The van der Waals surface area contributed by atoms with E-state index in [4.69, 9.17) is 4.74 Å². The zero-order chi connectivity index (χ0) is 17.2. The van der Waals surface area contributed by atoms with Gasteiger partial charge in [-0.1, -0.05) is 28.1 Å². The van der Waals surface area contributed by atoms with E-state index >= 15 is 0 Å². The second-order valence-corrected chi connectivity index (χ2v) is 7.43. The summed E-state index contributed by atoms with van der Waals surface area (Å²) in [6, 6.07) is 13.6. The fraction of sp³-hybridized carbons (Fsp3) is 0.0625. The molecule has 24 heavy (non-hydrogen) atoms. The summed E-state index contributed by atoms with van der Waals surface area (Å²) in [5.74, 6) is 0.266. The second kappa shape index (κ2) is 6.66. The molecule has 0 saturated heterocycles. The van der Waals surface area contributed by atoms with Gasteiger partial charge < -0.3 is 4.74 Å². The molecule has 1 heterocycles. The molecule has 0 unspecified atom stereocenters. The Hall–Kier alpha value is -2.32.